The van der Waals surface area contributed by atoms with Gasteiger partial charge >= 0.3 is 0 Å². The van der Waals surface area contributed by atoms with Gasteiger partial charge in [-0.15, -0.1) is 0 Å². The minimum absolute atomic E-state index is 0.0130. The molecule has 2 heterocycles. The molecule has 2 N–H and O–H groups in total. The number of benzene rings is 2. The van der Waals surface area contributed by atoms with Crippen LogP contribution in [0.25, 0.3) is 11.0 Å². The lowest BCUT2D eigenvalue weighted by Crippen LogP contribution is -2.32. The molecule has 4 rings (SSSR count). The van der Waals surface area contributed by atoms with Crippen LogP contribution in [0.2, 0.25) is 0 Å². The molecule has 1 aliphatic rings. The molecule has 0 bridgehead atoms. The summed E-state index contributed by atoms with van der Waals surface area (Å²) in [5, 5.41) is 0.630. The molecule has 0 saturated carbocycles. The van der Waals surface area contributed by atoms with Gasteiger partial charge in [-0.25, -0.2) is 4.98 Å². The predicted molar refractivity (Wildman–Crippen MR) is 102 cm³/mol. The van der Waals surface area contributed by atoms with Crippen LogP contribution in [-0.2, 0) is 22.6 Å². The molecule has 7 heteroatoms. The monoisotopic (exact) mass is 366 g/mol. The summed E-state index contributed by atoms with van der Waals surface area (Å²) in [4.78, 5) is 30.5. The number of hydrogen-bond acceptors (Lipinski definition) is 4. The second kappa shape index (κ2) is 6.84. The van der Waals surface area contributed by atoms with Gasteiger partial charge in [0.05, 0.1) is 16.8 Å². The molecule has 0 atom stereocenters. The topological polar surface area (TPSA) is 81.2 Å². The van der Waals surface area contributed by atoms with Gasteiger partial charge in [-0.05, 0) is 30.2 Å². The van der Waals surface area contributed by atoms with Gasteiger partial charge in [0.15, 0.2) is 5.16 Å². The number of rotatable bonds is 5. The van der Waals surface area contributed by atoms with Crippen LogP contribution < -0.4 is 10.6 Å². The minimum Gasteiger partial charge on any atom is -0.369 e. The van der Waals surface area contributed by atoms with Crippen molar-refractivity contribution in [3.05, 3.63) is 54.1 Å². The van der Waals surface area contributed by atoms with E-state index in [1.54, 1.807) is 0 Å². The highest BCUT2D eigenvalue weighted by Crippen LogP contribution is 2.29. The molecule has 1 aromatic heterocycles. The molecule has 0 aliphatic carbocycles. The van der Waals surface area contributed by atoms with Crippen LogP contribution in [-0.4, -0.2) is 33.7 Å². The Bertz CT molecular complexity index is 998. The van der Waals surface area contributed by atoms with Crippen molar-refractivity contribution >= 4 is 40.3 Å². The largest absolute Gasteiger partial charge is 0.369 e. The van der Waals surface area contributed by atoms with E-state index in [2.05, 4.69) is 11.1 Å². The Morgan fingerprint density at radius 2 is 1.88 bits per heavy atom. The fourth-order valence-electron chi connectivity index (χ4n) is 3.27. The molecule has 3 aromatic rings. The molecular weight excluding hydrogens is 348 g/mol. The Morgan fingerprint density at radius 3 is 2.73 bits per heavy atom. The van der Waals surface area contributed by atoms with Gasteiger partial charge in [-0.1, -0.05) is 42.1 Å². The maximum absolute atomic E-state index is 13.0. The number of para-hydroxylation sites is 3. The summed E-state index contributed by atoms with van der Waals surface area (Å²) in [7, 11) is 0. The highest BCUT2D eigenvalue weighted by molar-refractivity contribution is 7.99. The quantitative estimate of drug-likeness (QED) is 0.702. The molecule has 6 nitrogen and oxygen atoms in total. The summed E-state index contributed by atoms with van der Waals surface area (Å²) in [6, 6.07) is 15.6. The zero-order chi connectivity index (χ0) is 18.1. The lowest BCUT2D eigenvalue weighted by Gasteiger charge is -2.18. The molecule has 26 heavy (non-hydrogen) atoms. The van der Waals surface area contributed by atoms with Gasteiger partial charge in [-0.2, -0.15) is 0 Å². The van der Waals surface area contributed by atoms with Crippen molar-refractivity contribution in [1.29, 1.82) is 0 Å². The van der Waals surface area contributed by atoms with Crippen molar-refractivity contribution in [3.63, 3.8) is 0 Å². The van der Waals surface area contributed by atoms with Gasteiger partial charge in [0.2, 0.25) is 11.8 Å². The number of primary amides is 1. The normalized spacial score (nSPS) is 13.2. The SMILES string of the molecule is NC(=O)CSc1nc2ccccc2n1CC(=O)N1CCc2ccccc21. The molecule has 0 saturated heterocycles. The van der Waals surface area contributed by atoms with Crippen molar-refractivity contribution in [3.8, 4) is 0 Å². The van der Waals surface area contributed by atoms with Crippen LogP contribution in [0.3, 0.4) is 0 Å². The third-order valence-electron chi connectivity index (χ3n) is 4.44. The number of carbonyl (C=O) groups is 2. The van der Waals surface area contributed by atoms with E-state index in [0.29, 0.717) is 11.7 Å². The first-order valence-electron chi connectivity index (χ1n) is 8.38. The van der Waals surface area contributed by atoms with Crippen LogP contribution in [0.4, 0.5) is 5.69 Å². The summed E-state index contributed by atoms with van der Waals surface area (Å²) in [6.07, 6.45) is 0.871. The number of aromatic nitrogens is 2. The molecule has 1 aliphatic heterocycles. The number of hydrogen-bond donors (Lipinski definition) is 1. The molecule has 0 fully saturated rings. The summed E-state index contributed by atoms with van der Waals surface area (Å²) in [5.41, 5.74) is 9.12. The number of carbonyl (C=O) groups excluding carboxylic acids is 2. The maximum Gasteiger partial charge on any atom is 0.247 e. The lowest BCUT2D eigenvalue weighted by atomic mass is 10.2. The number of nitrogens with zero attached hydrogens (tertiary/aromatic N) is 3. The predicted octanol–water partition coefficient (Wildman–Crippen LogP) is 2.20. The average molecular weight is 366 g/mol. The summed E-state index contributed by atoms with van der Waals surface area (Å²) in [5.74, 6) is -0.267. The Hall–Kier alpha value is -2.80. The standard InChI is InChI=1S/C19H18N4O2S/c20-17(24)12-26-19-21-14-6-2-4-8-16(14)23(19)11-18(25)22-10-9-13-5-1-3-7-15(13)22/h1-8H,9-12H2,(H2,20,24). The Balaban J connectivity index is 1.65. The Labute approximate surface area is 155 Å². The van der Waals surface area contributed by atoms with Gasteiger partial charge in [0.25, 0.3) is 0 Å². The van der Waals surface area contributed by atoms with E-state index in [1.165, 1.54) is 17.3 Å². The molecule has 132 valence electrons. The van der Waals surface area contributed by atoms with Gasteiger partial charge in [0, 0.05) is 12.2 Å². The molecular formula is C19H18N4O2S. The van der Waals surface area contributed by atoms with Crippen LogP contribution in [0.15, 0.2) is 53.7 Å². The van der Waals surface area contributed by atoms with Crippen molar-refractivity contribution in [2.24, 2.45) is 5.73 Å². The zero-order valence-electron chi connectivity index (χ0n) is 14.1. The second-order valence-electron chi connectivity index (χ2n) is 6.15. The first-order chi connectivity index (χ1) is 12.6. The van der Waals surface area contributed by atoms with Crippen molar-refractivity contribution < 1.29 is 9.59 Å². The van der Waals surface area contributed by atoms with Crippen molar-refractivity contribution in [1.82, 2.24) is 9.55 Å². The third-order valence-corrected chi connectivity index (χ3v) is 5.44. The smallest absolute Gasteiger partial charge is 0.247 e. The number of anilines is 1. The van der Waals surface area contributed by atoms with Crippen LogP contribution >= 0.6 is 11.8 Å². The number of amides is 2. The van der Waals surface area contributed by atoms with E-state index in [1.807, 2.05) is 51.9 Å². The van der Waals surface area contributed by atoms with Crippen LogP contribution in [0.1, 0.15) is 5.56 Å². The number of thioether (sulfide) groups is 1. The molecule has 2 amide bonds. The maximum atomic E-state index is 13.0. The Morgan fingerprint density at radius 1 is 1.12 bits per heavy atom. The van der Waals surface area contributed by atoms with E-state index in [0.717, 1.165) is 23.1 Å². The van der Waals surface area contributed by atoms with E-state index in [9.17, 15) is 9.59 Å². The van der Waals surface area contributed by atoms with E-state index >= 15 is 0 Å². The second-order valence-corrected chi connectivity index (χ2v) is 7.09. The van der Waals surface area contributed by atoms with Gasteiger partial charge < -0.3 is 15.2 Å². The summed E-state index contributed by atoms with van der Waals surface area (Å²) >= 11 is 1.26. The molecule has 0 unspecified atom stereocenters. The van der Waals surface area contributed by atoms with Gasteiger partial charge in [-0.3, -0.25) is 9.59 Å². The van der Waals surface area contributed by atoms with Crippen molar-refractivity contribution in [2.45, 2.75) is 18.1 Å². The molecule has 0 spiro atoms. The Kier molecular flexibility index (Phi) is 4.38. The van der Waals surface area contributed by atoms with Crippen molar-refractivity contribution in [2.75, 3.05) is 17.2 Å². The van der Waals surface area contributed by atoms with Crippen LogP contribution in [0.5, 0.6) is 0 Å². The lowest BCUT2D eigenvalue weighted by molar-refractivity contribution is -0.119. The first kappa shape index (κ1) is 16.7. The third kappa shape index (κ3) is 3.06. The van der Waals surface area contributed by atoms with E-state index < -0.39 is 5.91 Å². The fraction of sp³-hybridized carbons (Fsp3) is 0.211. The highest BCUT2D eigenvalue weighted by Gasteiger charge is 2.25. The van der Waals surface area contributed by atoms with E-state index in [-0.39, 0.29) is 18.2 Å². The number of imidazole rings is 1. The van der Waals surface area contributed by atoms with Gasteiger partial charge in [0.1, 0.15) is 6.54 Å². The fourth-order valence-corrected chi connectivity index (χ4v) is 4.02. The summed E-state index contributed by atoms with van der Waals surface area (Å²) in [6.45, 7) is 0.866. The molecule has 2 aromatic carbocycles. The molecule has 0 radical (unpaired) electrons. The number of fused-ring (bicyclic) bond motifs is 2. The number of nitrogens with two attached hydrogens (primary N) is 1. The van der Waals surface area contributed by atoms with E-state index in [4.69, 9.17) is 5.73 Å². The zero-order valence-corrected chi connectivity index (χ0v) is 14.9. The highest BCUT2D eigenvalue weighted by atomic mass is 32.2. The van der Waals surface area contributed by atoms with Crippen LogP contribution in [0, 0.1) is 0 Å². The first-order valence-corrected chi connectivity index (χ1v) is 9.36. The average Bonchev–Trinajstić information content (AvgIpc) is 3.22. The minimum atomic E-state index is -0.409. The summed E-state index contributed by atoms with van der Waals surface area (Å²) < 4.78 is 1.87.